The molecule has 0 fully saturated rings. The number of rotatable bonds is 4. The first-order chi connectivity index (χ1) is 8.70. The highest BCUT2D eigenvalue weighted by atomic mass is 16.5. The Morgan fingerprint density at radius 2 is 2.33 bits per heavy atom. The summed E-state index contributed by atoms with van der Waals surface area (Å²) in [5, 5.41) is 10.1. The van der Waals surface area contributed by atoms with Crippen molar-refractivity contribution in [3.05, 3.63) is 17.8 Å². The number of carbonyl (C=O) groups is 1. The topological polar surface area (TPSA) is 79.9 Å². The fourth-order valence-corrected chi connectivity index (χ4v) is 1.54. The lowest BCUT2D eigenvalue weighted by atomic mass is 10.3. The minimum Gasteiger partial charge on any atom is -0.449 e. The van der Waals surface area contributed by atoms with E-state index in [1.807, 2.05) is 26.0 Å². The number of pyridine rings is 1. The van der Waals surface area contributed by atoms with Crippen LogP contribution in [0.4, 0.5) is 10.6 Å². The Morgan fingerprint density at radius 1 is 1.50 bits per heavy atom. The van der Waals surface area contributed by atoms with Crippen molar-refractivity contribution in [2.45, 2.75) is 26.7 Å². The molecule has 18 heavy (non-hydrogen) atoms. The van der Waals surface area contributed by atoms with Gasteiger partial charge in [-0.3, -0.25) is 10.4 Å². The molecule has 1 amide bonds. The van der Waals surface area contributed by atoms with Crippen molar-refractivity contribution >= 4 is 22.9 Å². The molecule has 2 rings (SSSR count). The molecule has 6 heteroatoms. The molecule has 0 saturated heterocycles. The van der Waals surface area contributed by atoms with Gasteiger partial charge in [0.15, 0.2) is 11.5 Å². The molecule has 0 aliphatic rings. The second-order valence-corrected chi connectivity index (χ2v) is 4.04. The number of anilines is 1. The van der Waals surface area contributed by atoms with Crippen molar-refractivity contribution in [3.63, 3.8) is 0 Å². The van der Waals surface area contributed by atoms with Gasteiger partial charge in [-0.25, -0.2) is 9.78 Å². The maximum Gasteiger partial charge on any atom is 0.412 e. The van der Waals surface area contributed by atoms with E-state index in [0.29, 0.717) is 18.1 Å². The van der Waals surface area contributed by atoms with Crippen LogP contribution in [0.3, 0.4) is 0 Å². The van der Waals surface area contributed by atoms with Crippen LogP contribution in [-0.4, -0.2) is 27.9 Å². The van der Waals surface area contributed by atoms with E-state index in [-0.39, 0.29) is 0 Å². The van der Waals surface area contributed by atoms with Crippen LogP contribution in [0, 0.1) is 6.92 Å². The third-order valence-electron chi connectivity index (χ3n) is 2.51. The Hall–Kier alpha value is -2.11. The number of amides is 1. The highest BCUT2D eigenvalue weighted by Crippen LogP contribution is 2.18. The second kappa shape index (κ2) is 5.48. The number of hydrogen-bond acceptors (Lipinski definition) is 4. The van der Waals surface area contributed by atoms with E-state index in [9.17, 15) is 4.79 Å². The van der Waals surface area contributed by atoms with Crippen molar-refractivity contribution in [1.82, 2.24) is 15.2 Å². The zero-order chi connectivity index (χ0) is 13.0. The number of hydrogen-bond donors (Lipinski definition) is 2. The summed E-state index contributed by atoms with van der Waals surface area (Å²) in [6.07, 6.45) is 1.36. The molecule has 2 aromatic heterocycles. The van der Waals surface area contributed by atoms with E-state index < -0.39 is 6.09 Å². The van der Waals surface area contributed by atoms with E-state index in [0.717, 1.165) is 23.9 Å². The van der Waals surface area contributed by atoms with Crippen molar-refractivity contribution in [2.75, 3.05) is 11.9 Å². The minimum absolute atomic E-state index is 0.419. The fourth-order valence-electron chi connectivity index (χ4n) is 1.54. The van der Waals surface area contributed by atoms with Crippen LogP contribution in [0.2, 0.25) is 0 Å². The summed E-state index contributed by atoms with van der Waals surface area (Å²) in [4.78, 5) is 15.8. The number of nitrogens with one attached hydrogen (secondary N) is 2. The minimum atomic E-state index is -0.488. The highest BCUT2D eigenvalue weighted by Gasteiger charge is 2.10. The monoisotopic (exact) mass is 248 g/mol. The number of carbonyl (C=O) groups excluding carboxylic acids is 1. The lowest BCUT2D eigenvalue weighted by Gasteiger charge is -2.04. The van der Waals surface area contributed by atoms with Crippen molar-refractivity contribution < 1.29 is 9.53 Å². The Labute approximate surface area is 105 Å². The standard InChI is InChI=1S/C12H16N4O2/c1-3-4-7-18-12(17)14-11-9-6-5-8(2)13-10(9)15-16-11/h5-6H,3-4,7H2,1-2H3,(H2,13,14,15,16,17). The molecule has 0 aromatic carbocycles. The van der Waals surface area contributed by atoms with Gasteiger partial charge in [0, 0.05) is 5.69 Å². The maximum atomic E-state index is 11.5. The second-order valence-electron chi connectivity index (χ2n) is 4.04. The summed E-state index contributed by atoms with van der Waals surface area (Å²) in [5.74, 6) is 0.444. The smallest absolute Gasteiger partial charge is 0.412 e. The molecule has 2 heterocycles. The normalized spacial score (nSPS) is 10.6. The first kappa shape index (κ1) is 12.3. The number of nitrogens with zero attached hydrogens (tertiary/aromatic N) is 2. The Bertz CT molecular complexity index is 550. The van der Waals surface area contributed by atoms with Crippen molar-refractivity contribution in [1.29, 1.82) is 0 Å². The number of aromatic amines is 1. The molecular weight excluding hydrogens is 232 g/mol. The van der Waals surface area contributed by atoms with Crippen molar-refractivity contribution in [3.8, 4) is 0 Å². The zero-order valence-electron chi connectivity index (χ0n) is 10.5. The van der Waals surface area contributed by atoms with Gasteiger partial charge in [-0.2, -0.15) is 5.10 Å². The summed E-state index contributed by atoms with van der Waals surface area (Å²) in [7, 11) is 0. The van der Waals surface area contributed by atoms with Crippen LogP contribution in [0.5, 0.6) is 0 Å². The molecule has 0 bridgehead atoms. The fraction of sp³-hybridized carbons (Fsp3) is 0.417. The lowest BCUT2D eigenvalue weighted by molar-refractivity contribution is 0.160. The number of fused-ring (bicyclic) bond motifs is 1. The molecule has 0 aliphatic carbocycles. The molecule has 0 radical (unpaired) electrons. The van der Waals surface area contributed by atoms with Crippen LogP contribution in [0.1, 0.15) is 25.5 Å². The number of aromatic nitrogens is 3. The summed E-state index contributed by atoms with van der Waals surface area (Å²) in [6.45, 7) is 4.35. The van der Waals surface area contributed by atoms with Crippen LogP contribution < -0.4 is 5.32 Å². The van der Waals surface area contributed by atoms with E-state index in [1.54, 1.807) is 0 Å². The van der Waals surface area contributed by atoms with Gasteiger partial charge in [-0.1, -0.05) is 13.3 Å². The van der Waals surface area contributed by atoms with Crippen LogP contribution in [0.15, 0.2) is 12.1 Å². The molecule has 0 atom stereocenters. The Kier molecular flexibility index (Phi) is 3.76. The molecule has 0 unspecified atom stereocenters. The third kappa shape index (κ3) is 2.77. The van der Waals surface area contributed by atoms with E-state index in [1.165, 1.54) is 0 Å². The summed E-state index contributed by atoms with van der Waals surface area (Å²) >= 11 is 0. The predicted octanol–water partition coefficient (Wildman–Crippen LogP) is 2.61. The van der Waals surface area contributed by atoms with Gasteiger partial charge in [0.1, 0.15) is 0 Å². The van der Waals surface area contributed by atoms with Crippen molar-refractivity contribution in [2.24, 2.45) is 0 Å². The summed E-state index contributed by atoms with van der Waals surface area (Å²) in [6, 6.07) is 3.73. The molecule has 0 spiro atoms. The number of ether oxygens (including phenoxy) is 1. The molecular formula is C12H16N4O2. The summed E-state index contributed by atoms with van der Waals surface area (Å²) < 4.78 is 5.00. The third-order valence-corrected chi connectivity index (χ3v) is 2.51. The molecule has 2 N–H and O–H groups in total. The van der Waals surface area contributed by atoms with E-state index >= 15 is 0 Å². The predicted molar refractivity (Wildman–Crippen MR) is 68.5 cm³/mol. The molecule has 6 nitrogen and oxygen atoms in total. The SMILES string of the molecule is CCCCOC(=O)Nc1n[nH]c2nc(C)ccc12. The number of aryl methyl sites for hydroxylation is 1. The Morgan fingerprint density at radius 3 is 3.11 bits per heavy atom. The van der Waals surface area contributed by atoms with Gasteiger partial charge in [0.05, 0.1) is 12.0 Å². The quantitative estimate of drug-likeness (QED) is 0.815. The van der Waals surface area contributed by atoms with Gasteiger partial charge >= 0.3 is 6.09 Å². The Balaban J connectivity index is 2.05. The van der Waals surface area contributed by atoms with Gasteiger partial charge in [0.2, 0.25) is 0 Å². The van der Waals surface area contributed by atoms with E-state index in [4.69, 9.17) is 4.74 Å². The lowest BCUT2D eigenvalue weighted by Crippen LogP contribution is -2.14. The molecule has 2 aromatic rings. The highest BCUT2D eigenvalue weighted by molar-refractivity contribution is 5.95. The zero-order valence-corrected chi connectivity index (χ0v) is 10.5. The molecule has 0 aliphatic heterocycles. The molecule has 96 valence electrons. The van der Waals surface area contributed by atoms with E-state index in [2.05, 4.69) is 20.5 Å². The van der Waals surface area contributed by atoms with Gasteiger partial charge in [0.25, 0.3) is 0 Å². The van der Waals surface area contributed by atoms with Crippen LogP contribution in [0.25, 0.3) is 11.0 Å². The number of unbranched alkanes of at least 4 members (excludes halogenated alkanes) is 1. The average molecular weight is 248 g/mol. The first-order valence-electron chi connectivity index (χ1n) is 5.96. The van der Waals surface area contributed by atoms with Gasteiger partial charge in [-0.05, 0) is 25.5 Å². The molecule has 0 saturated carbocycles. The van der Waals surface area contributed by atoms with Gasteiger partial charge in [-0.15, -0.1) is 0 Å². The van der Waals surface area contributed by atoms with Crippen LogP contribution >= 0.6 is 0 Å². The van der Waals surface area contributed by atoms with Crippen LogP contribution in [-0.2, 0) is 4.74 Å². The number of H-pyrrole nitrogens is 1. The largest absolute Gasteiger partial charge is 0.449 e. The first-order valence-corrected chi connectivity index (χ1v) is 5.96. The summed E-state index contributed by atoms with van der Waals surface area (Å²) in [5.41, 5.74) is 1.54. The van der Waals surface area contributed by atoms with Gasteiger partial charge < -0.3 is 4.74 Å². The average Bonchev–Trinajstić information content (AvgIpc) is 2.72. The maximum absolute atomic E-state index is 11.5.